The predicted octanol–water partition coefficient (Wildman–Crippen LogP) is 8.24. The predicted molar refractivity (Wildman–Crippen MR) is 133 cm³/mol. The van der Waals surface area contributed by atoms with E-state index >= 15 is 8.78 Å². The summed E-state index contributed by atoms with van der Waals surface area (Å²) in [5.74, 6) is -1.38. The smallest absolute Gasteiger partial charge is 0.158 e. The Hall–Kier alpha value is -1.59. The summed E-state index contributed by atoms with van der Waals surface area (Å²) in [4.78, 5) is 0. The van der Waals surface area contributed by atoms with Crippen molar-refractivity contribution in [3.05, 3.63) is 59.0 Å². The van der Waals surface area contributed by atoms with Crippen LogP contribution in [0.25, 0.3) is 0 Å². The van der Waals surface area contributed by atoms with Crippen LogP contribution in [0.1, 0.15) is 71.1 Å². The molecule has 1 saturated carbocycles. The topological polar surface area (TPSA) is 21.8 Å². The Morgan fingerprint density at radius 2 is 1.77 bits per heavy atom. The fourth-order valence-corrected chi connectivity index (χ4v) is 6.49. The molecule has 192 valence electrons. The van der Waals surface area contributed by atoms with Crippen molar-refractivity contribution < 1.29 is 22.6 Å². The Bertz CT molecular complexity index is 918. The van der Waals surface area contributed by atoms with E-state index in [-0.39, 0.29) is 47.6 Å². The van der Waals surface area contributed by atoms with Crippen molar-refractivity contribution in [2.45, 2.75) is 83.3 Å². The molecule has 1 saturated heterocycles. The van der Waals surface area contributed by atoms with E-state index in [1.165, 1.54) is 5.57 Å². The molecule has 2 nitrogen and oxygen atoms in total. The molecule has 0 amide bonds. The fraction of sp³-hybridized carbons (Fsp3) is 0.667. The molecule has 0 spiro atoms. The molecule has 5 unspecified atom stereocenters. The second kappa shape index (κ2) is 11.2. The largest absolute Gasteiger partial charge is 0.378 e. The minimum atomic E-state index is -0.623. The van der Waals surface area contributed by atoms with E-state index in [1.807, 2.05) is 12.2 Å². The van der Waals surface area contributed by atoms with E-state index in [1.54, 1.807) is 6.08 Å². The standard InChI is InChI=1S/C30H39F3O2/c1-2-3-19-4-7-21(8-5-19)24-14-15-25(30(33)29(24)32)22-9-11-23(12-10-22)34-17-20-6-13-26(27(31)16-20)28-18-35-28/h4-5,7,14,16,20-23,25-26,28H,2-3,6,8-13,15,17-18H2,1H3. The molecular weight excluding hydrogens is 449 g/mol. The highest BCUT2D eigenvalue weighted by atomic mass is 19.2. The maximum Gasteiger partial charge on any atom is 0.158 e. The molecule has 1 aliphatic heterocycles. The van der Waals surface area contributed by atoms with Gasteiger partial charge >= 0.3 is 0 Å². The quantitative estimate of drug-likeness (QED) is 0.321. The van der Waals surface area contributed by atoms with Crippen molar-refractivity contribution in [1.82, 2.24) is 0 Å². The lowest BCUT2D eigenvalue weighted by atomic mass is 9.73. The molecule has 0 N–H and O–H groups in total. The molecule has 5 aliphatic rings. The molecule has 2 fully saturated rings. The maximum absolute atomic E-state index is 15.2. The second-order valence-corrected chi connectivity index (χ2v) is 11.1. The average molecular weight is 489 g/mol. The van der Waals surface area contributed by atoms with Crippen molar-refractivity contribution in [3.63, 3.8) is 0 Å². The molecular formula is C30H39F3O2. The van der Waals surface area contributed by atoms with Gasteiger partial charge in [0.2, 0.25) is 0 Å². The lowest BCUT2D eigenvalue weighted by Crippen LogP contribution is -2.29. The van der Waals surface area contributed by atoms with Crippen LogP contribution in [0.5, 0.6) is 0 Å². The molecule has 5 rings (SSSR count). The maximum atomic E-state index is 15.2. The van der Waals surface area contributed by atoms with E-state index < -0.39 is 11.7 Å². The summed E-state index contributed by atoms with van der Waals surface area (Å²) in [6.07, 6.45) is 18.8. The number of allylic oxidation sites excluding steroid dienone is 8. The summed E-state index contributed by atoms with van der Waals surface area (Å²) in [7, 11) is 0. The van der Waals surface area contributed by atoms with Crippen LogP contribution >= 0.6 is 0 Å². The van der Waals surface area contributed by atoms with Crippen LogP contribution in [-0.2, 0) is 9.47 Å². The van der Waals surface area contributed by atoms with E-state index in [0.717, 1.165) is 57.8 Å². The Balaban J connectivity index is 1.09. The third-order valence-electron chi connectivity index (χ3n) is 8.73. The van der Waals surface area contributed by atoms with Crippen LogP contribution in [-0.4, -0.2) is 25.4 Å². The van der Waals surface area contributed by atoms with Gasteiger partial charge < -0.3 is 9.47 Å². The third-order valence-corrected chi connectivity index (χ3v) is 8.73. The molecule has 0 bridgehead atoms. The average Bonchev–Trinajstić information content (AvgIpc) is 3.71. The summed E-state index contributed by atoms with van der Waals surface area (Å²) in [6.45, 7) is 3.38. The summed E-state index contributed by atoms with van der Waals surface area (Å²) < 4.78 is 56.0. The Kier molecular flexibility index (Phi) is 8.03. The number of hydrogen-bond acceptors (Lipinski definition) is 2. The Morgan fingerprint density at radius 1 is 0.971 bits per heavy atom. The van der Waals surface area contributed by atoms with Crippen molar-refractivity contribution in [2.75, 3.05) is 13.2 Å². The van der Waals surface area contributed by atoms with Crippen LogP contribution in [0.4, 0.5) is 13.2 Å². The van der Waals surface area contributed by atoms with Crippen LogP contribution in [0.3, 0.4) is 0 Å². The molecule has 1 heterocycles. The van der Waals surface area contributed by atoms with Gasteiger partial charge in [0.05, 0.1) is 25.4 Å². The van der Waals surface area contributed by atoms with Gasteiger partial charge in [-0.3, -0.25) is 0 Å². The van der Waals surface area contributed by atoms with Gasteiger partial charge in [0, 0.05) is 23.7 Å². The summed E-state index contributed by atoms with van der Waals surface area (Å²) in [5, 5.41) is 0. The van der Waals surface area contributed by atoms with E-state index in [2.05, 4.69) is 19.1 Å². The molecule has 0 aromatic rings. The van der Waals surface area contributed by atoms with Crippen LogP contribution in [0, 0.1) is 29.6 Å². The first-order chi connectivity index (χ1) is 17.0. The van der Waals surface area contributed by atoms with Crippen molar-refractivity contribution in [2.24, 2.45) is 29.6 Å². The number of hydrogen-bond donors (Lipinski definition) is 0. The minimum Gasteiger partial charge on any atom is -0.378 e. The highest BCUT2D eigenvalue weighted by Crippen LogP contribution is 2.45. The normalized spacial score (nSPS) is 37.6. The lowest BCUT2D eigenvalue weighted by Gasteiger charge is -2.35. The van der Waals surface area contributed by atoms with E-state index in [9.17, 15) is 4.39 Å². The van der Waals surface area contributed by atoms with Gasteiger partial charge in [-0.1, -0.05) is 43.2 Å². The van der Waals surface area contributed by atoms with Gasteiger partial charge in [-0.25, -0.2) is 13.2 Å². The molecule has 5 heteroatoms. The molecule has 0 aromatic carbocycles. The van der Waals surface area contributed by atoms with Crippen LogP contribution < -0.4 is 0 Å². The van der Waals surface area contributed by atoms with Gasteiger partial charge in [0.1, 0.15) is 11.7 Å². The first-order valence-electron chi connectivity index (χ1n) is 13.8. The number of halogens is 3. The molecule has 0 aromatic heterocycles. The van der Waals surface area contributed by atoms with Gasteiger partial charge in [0.15, 0.2) is 5.83 Å². The highest BCUT2D eigenvalue weighted by Gasteiger charge is 2.39. The zero-order chi connectivity index (χ0) is 24.4. The van der Waals surface area contributed by atoms with Crippen molar-refractivity contribution in [1.29, 1.82) is 0 Å². The minimum absolute atomic E-state index is 0.0359. The van der Waals surface area contributed by atoms with Crippen LogP contribution in [0.2, 0.25) is 0 Å². The molecule has 5 atom stereocenters. The molecule has 0 radical (unpaired) electrons. The first kappa shape index (κ1) is 25.1. The first-order valence-corrected chi connectivity index (χ1v) is 13.8. The number of ether oxygens (including phenoxy) is 2. The molecule has 35 heavy (non-hydrogen) atoms. The molecule has 4 aliphatic carbocycles. The van der Waals surface area contributed by atoms with Crippen LogP contribution in [0.15, 0.2) is 59.0 Å². The van der Waals surface area contributed by atoms with Crippen molar-refractivity contribution in [3.8, 4) is 0 Å². The SMILES string of the molecule is CCCC1=CCC(C2=CCC(C3CCC(OCC4C=C(F)C(C5CO5)CC4)CC3)C(F)=C2F)C=C1. The Labute approximate surface area is 208 Å². The highest BCUT2D eigenvalue weighted by molar-refractivity contribution is 5.40. The lowest BCUT2D eigenvalue weighted by molar-refractivity contribution is -0.00273. The Morgan fingerprint density at radius 3 is 2.43 bits per heavy atom. The van der Waals surface area contributed by atoms with Gasteiger partial charge in [-0.2, -0.15) is 0 Å². The summed E-state index contributed by atoms with van der Waals surface area (Å²) in [6, 6.07) is 0. The third kappa shape index (κ3) is 5.88. The zero-order valence-corrected chi connectivity index (χ0v) is 20.9. The van der Waals surface area contributed by atoms with Gasteiger partial charge in [-0.05, 0) is 75.4 Å². The van der Waals surface area contributed by atoms with E-state index in [4.69, 9.17) is 9.47 Å². The van der Waals surface area contributed by atoms with Crippen molar-refractivity contribution >= 4 is 0 Å². The second-order valence-electron chi connectivity index (χ2n) is 11.1. The van der Waals surface area contributed by atoms with E-state index in [0.29, 0.717) is 25.2 Å². The monoisotopic (exact) mass is 488 g/mol. The zero-order valence-electron chi connectivity index (χ0n) is 20.9. The van der Waals surface area contributed by atoms with Gasteiger partial charge in [-0.15, -0.1) is 0 Å². The number of rotatable bonds is 8. The summed E-state index contributed by atoms with van der Waals surface area (Å²) >= 11 is 0. The summed E-state index contributed by atoms with van der Waals surface area (Å²) in [5.41, 5.74) is 1.82. The fourth-order valence-electron chi connectivity index (χ4n) is 6.49. The van der Waals surface area contributed by atoms with Gasteiger partial charge in [0.25, 0.3) is 0 Å². The number of epoxide rings is 1.